The van der Waals surface area contributed by atoms with Crippen molar-refractivity contribution >= 4 is 46.5 Å². The molecule has 1 fully saturated rings. The largest absolute Gasteiger partial charge is 0.484 e. The third kappa shape index (κ3) is 5.13. The number of hydrogen-bond donors (Lipinski definition) is 2. The van der Waals surface area contributed by atoms with Gasteiger partial charge in [-0.1, -0.05) is 41.6 Å². The van der Waals surface area contributed by atoms with Crippen molar-refractivity contribution in [3.8, 4) is 5.75 Å². The van der Waals surface area contributed by atoms with Crippen molar-refractivity contribution in [2.45, 2.75) is 30.6 Å². The fourth-order valence-electron chi connectivity index (χ4n) is 2.67. The second-order valence-corrected chi connectivity index (χ2v) is 8.78. The molecule has 0 spiro atoms. The quantitative estimate of drug-likeness (QED) is 0.392. The van der Waals surface area contributed by atoms with Gasteiger partial charge in [0.1, 0.15) is 12.4 Å². The lowest BCUT2D eigenvalue weighted by molar-refractivity contribution is -0.119. The van der Waals surface area contributed by atoms with Crippen LogP contribution in [-0.2, 0) is 11.4 Å². The van der Waals surface area contributed by atoms with E-state index in [1.54, 1.807) is 29.6 Å². The standard InChI is InChI=1S/C19H18ClN5O3S2/c20-13-4-1-2-5-14(13)28-10-16-21-24-19(25(16)12-7-8-12)30-11-17(26)22-23-18(27)15-6-3-9-29-15/h1-6,9,12H,7-8,10-11H2,(H,22,26)(H,23,27). The molecule has 0 saturated heterocycles. The molecule has 0 unspecified atom stereocenters. The SMILES string of the molecule is O=C(CSc1nnc(COc2ccccc2Cl)n1C1CC1)NNC(=O)c1cccs1. The number of amides is 2. The Hall–Kier alpha value is -2.56. The zero-order valence-corrected chi connectivity index (χ0v) is 18.1. The summed E-state index contributed by atoms with van der Waals surface area (Å²) in [5, 5.41) is 11.4. The molecule has 30 heavy (non-hydrogen) atoms. The van der Waals surface area contributed by atoms with Gasteiger partial charge in [0.2, 0.25) is 5.91 Å². The van der Waals surface area contributed by atoms with Crippen LogP contribution in [0.2, 0.25) is 5.02 Å². The molecule has 1 aromatic carbocycles. The van der Waals surface area contributed by atoms with Crippen LogP contribution in [0.1, 0.15) is 34.4 Å². The molecule has 1 saturated carbocycles. The molecular weight excluding hydrogens is 446 g/mol. The number of hydrogen-bond acceptors (Lipinski definition) is 7. The van der Waals surface area contributed by atoms with E-state index in [2.05, 4.69) is 21.0 Å². The van der Waals surface area contributed by atoms with Gasteiger partial charge < -0.3 is 4.74 Å². The molecule has 2 aromatic heterocycles. The summed E-state index contributed by atoms with van der Waals surface area (Å²) < 4.78 is 7.80. The Labute approximate surface area is 185 Å². The first-order valence-corrected chi connectivity index (χ1v) is 11.4. The summed E-state index contributed by atoms with van der Waals surface area (Å²) in [5.74, 6) is 0.694. The predicted octanol–water partition coefficient (Wildman–Crippen LogP) is 3.46. The van der Waals surface area contributed by atoms with Crippen molar-refractivity contribution in [3.63, 3.8) is 0 Å². The predicted molar refractivity (Wildman–Crippen MR) is 115 cm³/mol. The Morgan fingerprint density at radius 3 is 2.77 bits per heavy atom. The lowest BCUT2D eigenvalue weighted by Crippen LogP contribution is -2.42. The number of nitrogens with one attached hydrogen (secondary N) is 2. The van der Waals surface area contributed by atoms with Crippen molar-refractivity contribution in [1.29, 1.82) is 0 Å². The molecule has 3 aromatic rings. The van der Waals surface area contributed by atoms with Crippen LogP contribution in [-0.4, -0.2) is 32.3 Å². The van der Waals surface area contributed by atoms with Gasteiger partial charge in [-0.05, 0) is 36.4 Å². The van der Waals surface area contributed by atoms with Gasteiger partial charge in [-0.15, -0.1) is 21.5 Å². The van der Waals surface area contributed by atoms with E-state index in [9.17, 15) is 9.59 Å². The average molecular weight is 464 g/mol. The van der Waals surface area contributed by atoms with Gasteiger partial charge in [-0.25, -0.2) is 0 Å². The molecule has 8 nitrogen and oxygen atoms in total. The van der Waals surface area contributed by atoms with Gasteiger partial charge in [0, 0.05) is 6.04 Å². The number of carbonyl (C=O) groups is 2. The first-order chi connectivity index (χ1) is 14.6. The molecule has 2 N–H and O–H groups in total. The first kappa shape index (κ1) is 20.7. The van der Waals surface area contributed by atoms with Crippen molar-refractivity contribution in [1.82, 2.24) is 25.6 Å². The number of aromatic nitrogens is 3. The fourth-order valence-corrected chi connectivity index (χ4v) is 4.30. The molecule has 1 aliphatic carbocycles. The van der Waals surface area contributed by atoms with Crippen LogP contribution < -0.4 is 15.6 Å². The number of hydrazine groups is 1. The summed E-state index contributed by atoms with van der Waals surface area (Å²) in [6.45, 7) is 0.233. The average Bonchev–Trinajstić information content (AvgIpc) is 3.26. The highest BCUT2D eigenvalue weighted by Crippen LogP contribution is 2.39. The third-order valence-corrected chi connectivity index (χ3v) is 6.36. The Morgan fingerprint density at radius 2 is 2.03 bits per heavy atom. The number of rotatable bonds is 8. The van der Waals surface area contributed by atoms with E-state index in [0.717, 1.165) is 12.8 Å². The van der Waals surface area contributed by atoms with Crippen LogP contribution >= 0.6 is 34.7 Å². The molecule has 11 heteroatoms. The number of thioether (sulfide) groups is 1. The number of carbonyl (C=O) groups excluding carboxylic acids is 2. The first-order valence-electron chi connectivity index (χ1n) is 9.18. The topological polar surface area (TPSA) is 98.1 Å². The summed E-state index contributed by atoms with van der Waals surface area (Å²) in [5.41, 5.74) is 4.82. The van der Waals surface area contributed by atoms with E-state index in [4.69, 9.17) is 16.3 Å². The monoisotopic (exact) mass is 463 g/mol. The molecule has 1 aliphatic rings. The number of ether oxygens (including phenoxy) is 1. The van der Waals surface area contributed by atoms with Crippen molar-refractivity contribution in [2.75, 3.05) is 5.75 Å². The van der Waals surface area contributed by atoms with Gasteiger partial charge >= 0.3 is 0 Å². The summed E-state index contributed by atoms with van der Waals surface area (Å²) in [6.07, 6.45) is 2.07. The molecule has 2 heterocycles. The fraction of sp³-hybridized carbons (Fsp3) is 0.263. The Kier molecular flexibility index (Phi) is 6.56. The molecule has 0 atom stereocenters. The molecule has 0 radical (unpaired) electrons. The summed E-state index contributed by atoms with van der Waals surface area (Å²) in [6, 6.07) is 11.0. The highest BCUT2D eigenvalue weighted by molar-refractivity contribution is 7.99. The van der Waals surface area contributed by atoms with E-state index >= 15 is 0 Å². The molecular formula is C19H18ClN5O3S2. The molecule has 0 aliphatic heterocycles. The normalized spacial score (nSPS) is 13.1. The zero-order chi connectivity index (χ0) is 20.9. The van der Waals surface area contributed by atoms with Crippen LogP contribution in [0, 0.1) is 0 Å². The van der Waals surface area contributed by atoms with Gasteiger partial charge in [0.25, 0.3) is 5.91 Å². The number of halogens is 1. The Morgan fingerprint density at radius 1 is 1.20 bits per heavy atom. The van der Waals surface area contributed by atoms with Crippen molar-refractivity contribution in [2.24, 2.45) is 0 Å². The minimum absolute atomic E-state index is 0.0982. The zero-order valence-electron chi connectivity index (χ0n) is 15.7. The molecule has 4 rings (SSSR count). The van der Waals surface area contributed by atoms with Crippen LogP contribution in [0.25, 0.3) is 0 Å². The Bertz CT molecular complexity index is 1040. The molecule has 0 bridgehead atoms. The maximum Gasteiger partial charge on any atom is 0.279 e. The number of benzene rings is 1. The molecule has 156 valence electrons. The van der Waals surface area contributed by atoms with E-state index in [1.807, 2.05) is 16.7 Å². The van der Waals surface area contributed by atoms with Gasteiger partial charge in [-0.2, -0.15) is 0 Å². The minimum atomic E-state index is -0.344. The molecule has 2 amide bonds. The van der Waals surface area contributed by atoms with Crippen LogP contribution in [0.3, 0.4) is 0 Å². The lowest BCUT2D eigenvalue weighted by atomic mass is 10.3. The van der Waals surface area contributed by atoms with Crippen LogP contribution in [0.15, 0.2) is 46.9 Å². The Balaban J connectivity index is 1.32. The second-order valence-electron chi connectivity index (χ2n) is 6.49. The highest BCUT2D eigenvalue weighted by Gasteiger charge is 2.30. The maximum atomic E-state index is 12.1. The van der Waals surface area contributed by atoms with Crippen molar-refractivity contribution in [3.05, 3.63) is 57.5 Å². The maximum absolute atomic E-state index is 12.1. The summed E-state index contributed by atoms with van der Waals surface area (Å²) in [4.78, 5) is 24.5. The van der Waals surface area contributed by atoms with Crippen molar-refractivity contribution < 1.29 is 14.3 Å². The minimum Gasteiger partial charge on any atom is -0.484 e. The summed E-state index contributed by atoms with van der Waals surface area (Å²) >= 11 is 8.70. The highest BCUT2D eigenvalue weighted by atomic mass is 35.5. The van der Waals surface area contributed by atoms with Gasteiger partial charge in [0.05, 0.1) is 15.7 Å². The lowest BCUT2D eigenvalue weighted by Gasteiger charge is -2.11. The second kappa shape index (κ2) is 9.50. The number of thiophene rings is 1. The van der Waals surface area contributed by atoms with E-state index < -0.39 is 0 Å². The third-order valence-electron chi connectivity index (χ3n) is 4.23. The van der Waals surface area contributed by atoms with Gasteiger partial charge in [0.15, 0.2) is 11.0 Å². The van der Waals surface area contributed by atoms with Crippen LogP contribution in [0.4, 0.5) is 0 Å². The van der Waals surface area contributed by atoms with E-state index in [1.165, 1.54) is 23.1 Å². The van der Waals surface area contributed by atoms with Gasteiger partial charge in [-0.3, -0.25) is 25.0 Å². The number of para-hydroxylation sites is 1. The van der Waals surface area contributed by atoms with Crippen LogP contribution in [0.5, 0.6) is 5.75 Å². The van der Waals surface area contributed by atoms with E-state index in [0.29, 0.717) is 32.7 Å². The van der Waals surface area contributed by atoms with E-state index in [-0.39, 0.29) is 24.2 Å². The summed E-state index contributed by atoms with van der Waals surface area (Å²) in [7, 11) is 0. The number of nitrogens with zero attached hydrogens (tertiary/aromatic N) is 3. The smallest absolute Gasteiger partial charge is 0.279 e.